The molecule has 102 valence electrons. The number of nitrogens with zero attached hydrogens (tertiary/aromatic N) is 2. The molecular formula is C10H10N2O5S2. The van der Waals surface area contributed by atoms with Gasteiger partial charge in [-0.15, -0.1) is 0 Å². The molecule has 1 aromatic carbocycles. The van der Waals surface area contributed by atoms with Crippen molar-refractivity contribution in [1.29, 1.82) is 0 Å². The number of ether oxygens (including phenoxy) is 1. The molecule has 2 rings (SSSR count). The number of rotatable bonds is 5. The summed E-state index contributed by atoms with van der Waals surface area (Å²) in [6.45, 7) is 0. The van der Waals surface area contributed by atoms with Gasteiger partial charge in [-0.1, -0.05) is 22.0 Å². The van der Waals surface area contributed by atoms with E-state index in [1.54, 1.807) is 6.26 Å². The lowest BCUT2D eigenvalue weighted by Gasteiger charge is -2.03. The molecule has 2 aromatic rings. The molecule has 0 aliphatic heterocycles. The summed E-state index contributed by atoms with van der Waals surface area (Å²) in [5, 5.41) is 7.27. The Morgan fingerprint density at radius 2 is 1.89 bits per heavy atom. The summed E-state index contributed by atoms with van der Waals surface area (Å²) >= 11 is 1.18. The first-order valence-electron chi connectivity index (χ1n) is 5.01. The van der Waals surface area contributed by atoms with E-state index in [-0.39, 0.29) is 10.1 Å². The zero-order valence-electron chi connectivity index (χ0n) is 10.1. The van der Waals surface area contributed by atoms with Crippen molar-refractivity contribution in [2.24, 2.45) is 0 Å². The Morgan fingerprint density at radius 3 is 2.42 bits per heavy atom. The summed E-state index contributed by atoms with van der Waals surface area (Å²) in [5.41, 5.74) is 0. The van der Waals surface area contributed by atoms with Crippen LogP contribution in [0, 0.1) is 0 Å². The molecule has 0 fully saturated rings. The van der Waals surface area contributed by atoms with Crippen LogP contribution in [0.2, 0.25) is 0 Å². The van der Waals surface area contributed by atoms with E-state index < -0.39 is 16.2 Å². The van der Waals surface area contributed by atoms with Gasteiger partial charge in [0.25, 0.3) is 5.22 Å². The van der Waals surface area contributed by atoms with Gasteiger partial charge in [-0.05, 0) is 30.5 Å². The molecule has 1 heterocycles. The zero-order chi connectivity index (χ0) is 13.9. The molecule has 0 amide bonds. The maximum absolute atomic E-state index is 11.9. The van der Waals surface area contributed by atoms with Gasteiger partial charge in [0.2, 0.25) is 0 Å². The van der Waals surface area contributed by atoms with Gasteiger partial charge in [-0.3, -0.25) is 0 Å². The average molecular weight is 302 g/mol. The van der Waals surface area contributed by atoms with Crippen molar-refractivity contribution < 1.29 is 21.8 Å². The Hall–Kier alpha value is -1.74. The average Bonchev–Trinajstić information content (AvgIpc) is 2.85. The van der Waals surface area contributed by atoms with E-state index in [0.29, 0.717) is 5.75 Å². The third-order valence-electron chi connectivity index (χ3n) is 2.09. The van der Waals surface area contributed by atoms with Crippen molar-refractivity contribution in [2.45, 2.75) is 10.1 Å². The molecular weight excluding hydrogens is 292 g/mol. The van der Waals surface area contributed by atoms with Gasteiger partial charge in [0, 0.05) is 0 Å². The van der Waals surface area contributed by atoms with E-state index in [2.05, 4.69) is 10.2 Å². The quantitative estimate of drug-likeness (QED) is 0.607. The minimum atomic E-state index is -3.99. The van der Waals surface area contributed by atoms with Gasteiger partial charge in [0.1, 0.15) is 10.6 Å². The molecule has 0 unspecified atom stereocenters. The van der Waals surface area contributed by atoms with Crippen molar-refractivity contribution >= 4 is 21.9 Å². The summed E-state index contributed by atoms with van der Waals surface area (Å²) in [6, 6.07) is 5.74. The van der Waals surface area contributed by atoms with Gasteiger partial charge < -0.3 is 13.3 Å². The number of thioether (sulfide) groups is 1. The Bertz CT molecular complexity index is 651. The topological polar surface area (TPSA) is 91.5 Å². The second kappa shape index (κ2) is 5.49. The Morgan fingerprint density at radius 1 is 1.21 bits per heavy atom. The fraction of sp³-hybridized carbons (Fsp3) is 0.200. The highest BCUT2D eigenvalue weighted by Gasteiger charge is 2.20. The highest BCUT2D eigenvalue weighted by atomic mass is 32.2. The predicted octanol–water partition coefficient (Wildman–Crippen LogP) is 1.57. The summed E-state index contributed by atoms with van der Waals surface area (Å²) in [6.07, 6.45) is 1.30. The number of methoxy groups -OCH3 is 1. The first-order valence-corrected chi connectivity index (χ1v) is 7.64. The van der Waals surface area contributed by atoms with E-state index in [9.17, 15) is 8.42 Å². The van der Waals surface area contributed by atoms with Gasteiger partial charge in [0.15, 0.2) is 0 Å². The maximum atomic E-state index is 11.9. The van der Waals surface area contributed by atoms with Crippen molar-refractivity contribution in [2.75, 3.05) is 13.4 Å². The molecule has 0 aliphatic carbocycles. The molecule has 19 heavy (non-hydrogen) atoms. The van der Waals surface area contributed by atoms with E-state index in [1.807, 2.05) is 0 Å². The molecule has 0 bridgehead atoms. The minimum absolute atomic E-state index is 0.0304. The van der Waals surface area contributed by atoms with Gasteiger partial charge in [-0.25, -0.2) is 0 Å². The normalized spacial score (nSPS) is 11.3. The number of aromatic nitrogens is 2. The van der Waals surface area contributed by atoms with Crippen LogP contribution >= 0.6 is 11.8 Å². The number of hydrogen-bond acceptors (Lipinski definition) is 8. The highest BCUT2D eigenvalue weighted by Crippen LogP contribution is 2.22. The molecule has 9 heteroatoms. The lowest BCUT2D eigenvalue weighted by molar-refractivity contribution is 0.333. The first-order chi connectivity index (χ1) is 9.05. The van der Waals surface area contributed by atoms with Gasteiger partial charge in [-0.2, -0.15) is 8.42 Å². The molecule has 0 saturated heterocycles. The molecule has 0 N–H and O–H groups in total. The second-order valence-electron chi connectivity index (χ2n) is 3.25. The van der Waals surface area contributed by atoms with Crippen LogP contribution in [0.15, 0.2) is 38.8 Å². The van der Waals surface area contributed by atoms with Crippen molar-refractivity contribution in [3.63, 3.8) is 0 Å². The van der Waals surface area contributed by atoms with Crippen LogP contribution in [0.1, 0.15) is 0 Å². The van der Waals surface area contributed by atoms with E-state index in [0.717, 1.165) is 0 Å². The fourth-order valence-electron chi connectivity index (χ4n) is 1.20. The Kier molecular flexibility index (Phi) is 3.96. The van der Waals surface area contributed by atoms with Crippen LogP contribution < -0.4 is 8.92 Å². The van der Waals surface area contributed by atoms with E-state index >= 15 is 0 Å². The summed E-state index contributed by atoms with van der Waals surface area (Å²) < 4.78 is 38.4. The first kappa shape index (κ1) is 13.7. The van der Waals surface area contributed by atoms with E-state index in [4.69, 9.17) is 13.3 Å². The van der Waals surface area contributed by atoms with Crippen LogP contribution in [0.3, 0.4) is 0 Å². The smallest absolute Gasteiger partial charge is 0.431 e. The SMILES string of the molecule is COc1ccc(S(=O)(=O)Oc2nnc(SC)o2)cc1. The minimum Gasteiger partial charge on any atom is -0.497 e. The third-order valence-corrected chi connectivity index (χ3v) is 3.82. The standard InChI is InChI=1S/C10H10N2O5S2/c1-15-7-3-5-8(6-4-7)19(13,14)17-9-11-12-10(16-9)18-2/h3-6H,1-2H3. The molecule has 0 radical (unpaired) electrons. The predicted molar refractivity (Wildman–Crippen MR) is 66.9 cm³/mol. The number of benzene rings is 1. The van der Waals surface area contributed by atoms with Crippen molar-refractivity contribution in [1.82, 2.24) is 10.2 Å². The van der Waals surface area contributed by atoms with Gasteiger partial charge >= 0.3 is 16.2 Å². The molecule has 0 aliphatic rings. The molecule has 0 spiro atoms. The molecule has 1 aromatic heterocycles. The third kappa shape index (κ3) is 3.18. The fourth-order valence-corrected chi connectivity index (χ4v) is 2.30. The summed E-state index contributed by atoms with van der Waals surface area (Å²) in [5.74, 6) is 0.543. The summed E-state index contributed by atoms with van der Waals surface area (Å²) in [4.78, 5) is -0.0304. The Labute approximate surface area is 114 Å². The molecule has 0 atom stereocenters. The van der Waals surface area contributed by atoms with Crippen molar-refractivity contribution in [3.8, 4) is 11.8 Å². The lowest BCUT2D eigenvalue weighted by Crippen LogP contribution is -2.09. The van der Waals surface area contributed by atoms with Crippen LogP contribution in [-0.2, 0) is 10.1 Å². The monoisotopic (exact) mass is 302 g/mol. The maximum Gasteiger partial charge on any atom is 0.431 e. The Balaban J connectivity index is 2.21. The molecule has 7 nitrogen and oxygen atoms in total. The van der Waals surface area contributed by atoms with Crippen LogP contribution in [0.25, 0.3) is 0 Å². The largest absolute Gasteiger partial charge is 0.497 e. The van der Waals surface area contributed by atoms with Crippen LogP contribution in [0.4, 0.5) is 0 Å². The second-order valence-corrected chi connectivity index (χ2v) is 5.55. The highest BCUT2D eigenvalue weighted by molar-refractivity contribution is 7.98. The van der Waals surface area contributed by atoms with Crippen LogP contribution in [-0.4, -0.2) is 32.0 Å². The van der Waals surface area contributed by atoms with Gasteiger partial charge in [0.05, 0.1) is 7.11 Å². The lowest BCUT2D eigenvalue weighted by atomic mass is 10.3. The molecule has 0 saturated carbocycles. The number of hydrogen-bond donors (Lipinski definition) is 0. The zero-order valence-corrected chi connectivity index (χ0v) is 11.7. The van der Waals surface area contributed by atoms with E-state index in [1.165, 1.54) is 43.1 Å². The van der Waals surface area contributed by atoms with Crippen molar-refractivity contribution in [3.05, 3.63) is 24.3 Å². The summed E-state index contributed by atoms with van der Waals surface area (Å²) in [7, 11) is -2.51. The van der Waals surface area contributed by atoms with Crippen LogP contribution in [0.5, 0.6) is 11.8 Å².